The number of hydrogen-bond acceptors (Lipinski definition) is 7. The van der Waals surface area contributed by atoms with Gasteiger partial charge in [-0.2, -0.15) is 0 Å². The van der Waals surface area contributed by atoms with Crippen molar-refractivity contribution in [1.29, 1.82) is 0 Å². The summed E-state index contributed by atoms with van der Waals surface area (Å²) in [4.78, 5) is 53.6. The molecule has 0 aliphatic carbocycles. The molecule has 4 rings (SSSR count). The Labute approximate surface area is 211 Å². The summed E-state index contributed by atoms with van der Waals surface area (Å²) in [5.41, 5.74) is 0.655. The van der Waals surface area contributed by atoms with Crippen LogP contribution in [0.5, 0.6) is 11.5 Å². The lowest BCUT2D eigenvalue weighted by Crippen LogP contribution is -2.44. The number of halogens is 1. The van der Waals surface area contributed by atoms with Gasteiger partial charge in [0, 0.05) is 23.7 Å². The number of esters is 1. The Bertz CT molecular complexity index is 1190. The highest BCUT2D eigenvalue weighted by molar-refractivity contribution is 8.18. The van der Waals surface area contributed by atoms with E-state index in [1.54, 1.807) is 35.2 Å². The van der Waals surface area contributed by atoms with Crippen LogP contribution < -0.4 is 9.47 Å². The van der Waals surface area contributed by atoms with Crippen LogP contribution in [0, 0.1) is 0 Å². The number of hydrogen-bond donors (Lipinski definition) is 0. The molecule has 0 atom stereocenters. The highest BCUT2D eigenvalue weighted by Gasteiger charge is 2.37. The number of methoxy groups -OCH3 is 1. The summed E-state index contributed by atoms with van der Waals surface area (Å²) in [6.07, 6.45) is 4.37. The molecule has 0 bridgehead atoms. The van der Waals surface area contributed by atoms with Crippen LogP contribution in [0.25, 0.3) is 6.08 Å². The van der Waals surface area contributed by atoms with Gasteiger partial charge in [0.15, 0.2) is 11.5 Å². The number of nitrogens with zero attached hydrogens (tertiary/aromatic N) is 2. The summed E-state index contributed by atoms with van der Waals surface area (Å²) >= 11 is 6.62. The fourth-order valence-corrected chi connectivity index (χ4v) is 4.77. The molecule has 2 saturated heterocycles. The van der Waals surface area contributed by atoms with Gasteiger partial charge in [0.05, 0.1) is 17.6 Å². The van der Waals surface area contributed by atoms with Gasteiger partial charge < -0.3 is 14.4 Å². The van der Waals surface area contributed by atoms with Crippen LogP contribution in [0.3, 0.4) is 0 Å². The number of amides is 3. The van der Waals surface area contributed by atoms with Crippen molar-refractivity contribution in [3.05, 3.63) is 63.5 Å². The minimum atomic E-state index is -0.638. The lowest BCUT2D eigenvalue weighted by atomic mass is 10.1. The second-order valence-electron chi connectivity index (χ2n) is 7.98. The third-order valence-corrected chi connectivity index (χ3v) is 6.83. The number of piperidine rings is 1. The number of benzene rings is 2. The van der Waals surface area contributed by atoms with E-state index in [0.29, 0.717) is 23.7 Å². The molecule has 0 N–H and O–H groups in total. The average Bonchev–Trinajstić information content (AvgIpc) is 3.13. The van der Waals surface area contributed by atoms with E-state index in [0.717, 1.165) is 35.9 Å². The zero-order valence-electron chi connectivity index (χ0n) is 19.0. The molecule has 0 unspecified atom stereocenters. The van der Waals surface area contributed by atoms with Crippen molar-refractivity contribution < 1.29 is 28.7 Å². The smallest absolute Gasteiger partial charge is 0.343 e. The molecule has 2 aromatic carbocycles. The van der Waals surface area contributed by atoms with E-state index < -0.39 is 17.1 Å². The maximum absolute atomic E-state index is 13.0. The van der Waals surface area contributed by atoms with Crippen LogP contribution in [-0.2, 0) is 9.59 Å². The molecule has 3 amide bonds. The van der Waals surface area contributed by atoms with E-state index in [1.165, 1.54) is 25.3 Å². The first-order valence-corrected chi connectivity index (χ1v) is 12.2. The van der Waals surface area contributed by atoms with E-state index in [9.17, 15) is 19.2 Å². The van der Waals surface area contributed by atoms with Gasteiger partial charge in [-0.05, 0) is 67.4 Å². The van der Waals surface area contributed by atoms with Gasteiger partial charge in [-0.15, -0.1) is 0 Å². The molecule has 2 aromatic rings. The second-order valence-corrected chi connectivity index (χ2v) is 9.41. The van der Waals surface area contributed by atoms with Crippen molar-refractivity contribution >= 4 is 52.5 Å². The number of imide groups is 1. The molecule has 0 saturated carbocycles. The fraction of sp³-hybridized carbons (Fsp3) is 0.280. The van der Waals surface area contributed by atoms with Crippen LogP contribution in [-0.4, -0.2) is 59.6 Å². The lowest BCUT2D eigenvalue weighted by Gasteiger charge is -2.27. The van der Waals surface area contributed by atoms with Crippen molar-refractivity contribution in [3.8, 4) is 11.5 Å². The predicted octanol–water partition coefficient (Wildman–Crippen LogP) is 4.62. The minimum absolute atomic E-state index is 0.103. The van der Waals surface area contributed by atoms with Crippen LogP contribution >= 0.6 is 23.4 Å². The molecule has 2 aliphatic heterocycles. The first-order valence-electron chi connectivity index (χ1n) is 11.1. The van der Waals surface area contributed by atoms with E-state index in [-0.39, 0.29) is 34.4 Å². The third-order valence-electron chi connectivity index (χ3n) is 5.67. The molecule has 0 radical (unpaired) electrons. The Balaban J connectivity index is 1.56. The number of ether oxygens (including phenoxy) is 2. The van der Waals surface area contributed by atoms with Gasteiger partial charge in [-0.1, -0.05) is 23.7 Å². The zero-order valence-corrected chi connectivity index (χ0v) is 20.6. The third kappa shape index (κ3) is 5.68. The van der Waals surface area contributed by atoms with Crippen molar-refractivity contribution in [2.75, 3.05) is 26.7 Å². The Morgan fingerprint density at radius 1 is 1.06 bits per heavy atom. The van der Waals surface area contributed by atoms with Crippen LogP contribution in [0.1, 0.15) is 35.2 Å². The molecule has 2 fully saturated rings. The van der Waals surface area contributed by atoms with Gasteiger partial charge in [0.25, 0.3) is 11.1 Å². The van der Waals surface area contributed by atoms with Crippen molar-refractivity contribution in [2.45, 2.75) is 19.3 Å². The first-order chi connectivity index (χ1) is 16.9. The maximum Gasteiger partial charge on any atom is 0.343 e. The van der Waals surface area contributed by atoms with Crippen molar-refractivity contribution in [3.63, 3.8) is 0 Å². The molecule has 0 aromatic heterocycles. The monoisotopic (exact) mass is 514 g/mol. The summed E-state index contributed by atoms with van der Waals surface area (Å²) in [5, 5.41) is -0.0387. The molecule has 8 nitrogen and oxygen atoms in total. The topological polar surface area (TPSA) is 93.2 Å². The largest absolute Gasteiger partial charge is 0.493 e. The minimum Gasteiger partial charge on any atom is -0.493 e. The lowest BCUT2D eigenvalue weighted by molar-refractivity contribution is -0.136. The molecular weight excluding hydrogens is 492 g/mol. The zero-order chi connectivity index (χ0) is 24.9. The van der Waals surface area contributed by atoms with E-state index in [4.69, 9.17) is 21.1 Å². The number of carbonyl (C=O) groups is 4. The summed E-state index contributed by atoms with van der Waals surface area (Å²) in [6.45, 7) is 0.979. The van der Waals surface area contributed by atoms with Crippen LogP contribution in [0.4, 0.5) is 4.79 Å². The summed E-state index contributed by atoms with van der Waals surface area (Å²) in [7, 11) is 1.43. The molecule has 2 heterocycles. The van der Waals surface area contributed by atoms with E-state index >= 15 is 0 Å². The maximum atomic E-state index is 13.0. The quantitative estimate of drug-likeness (QED) is 0.315. The van der Waals surface area contributed by atoms with Gasteiger partial charge in [0.2, 0.25) is 5.91 Å². The Morgan fingerprint density at radius 2 is 1.77 bits per heavy atom. The first kappa shape index (κ1) is 24.8. The molecular formula is C25H23ClN2O6S. The Hall–Kier alpha value is -3.30. The predicted molar refractivity (Wildman–Crippen MR) is 133 cm³/mol. The highest BCUT2D eigenvalue weighted by Crippen LogP contribution is 2.37. The number of carbonyl (C=O) groups excluding carboxylic acids is 4. The summed E-state index contributed by atoms with van der Waals surface area (Å²) in [6, 6.07) is 11.1. The van der Waals surface area contributed by atoms with Gasteiger partial charge in [0.1, 0.15) is 6.54 Å². The second kappa shape index (κ2) is 11.0. The number of thioether (sulfide) groups is 1. The number of para-hydroxylation sites is 1. The van der Waals surface area contributed by atoms with Crippen LogP contribution in [0.2, 0.25) is 5.02 Å². The molecule has 2 aliphatic rings. The molecule has 182 valence electrons. The average molecular weight is 515 g/mol. The Kier molecular flexibility index (Phi) is 7.77. The molecule has 0 spiro atoms. The van der Waals surface area contributed by atoms with Gasteiger partial charge in [-0.3, -0.25) is 19.3 Å². The van der Waals surface area contributed by atoms with Gasteiger partial charge in [-0.25, -0.2) is 4.79 Å². The Morgan fingerprint density at radius 3 is 2.46 bits per heavy atom. The number of rotatable bonds is 6. The van der Waals surface area contributed by atoms with Gasteiger partial charge >= 0.3 is 5.97 Å². The van der Waals surface area contributed by atoms with E-state index in [2.05, 4.69) is 0 Å². The van der Waals surface area contributed by atoms with Crippen molar-refractivity contribution in [1.82, 2.24) is 9.80 Å². The highest BCUT2D eigenvalue weighted by atomic mass is 35.5. The summed E-state index contributed by atoms with van der Waals surface area (Å²) < 4.78 is 11.0. The van der Waals surface area contributed by atoms with Crippen molar-refractivity contribution in [2.24, 2.45) is 0 Å². The molecule has 10 heteroatoms. The normalized spacial score (nSPS) is 17.1. The van der Waals surface area contributed by atoms with E-state index in [1.807, 2.05) is 0 Å². The standard InChI is InChI=1S/C25H23ClN2O6S/c1-33-19-7-5-6-17(22(19)34-24(31)16-8-10-18(26)11-9-16)14-20-23(30)28(25(32)35-20)15-21(29)27-12-3-2-4-13-27/h5-11,14H,2-4,12-13,15H2,1H3/b20-14-. The fourth-order valence-electron chi connectivity index (χ4n) is 3.81. The SMILES string of the molecule is COc1cccc(/C=C2\SC(=O)N(CC(=O)N3CCCCC3)C2=O)c1OC(=O)c1ccc(Cl)cc1. The number of likely N-dealkylation sites (tertiary alicyclic amines) is 1. The molecule has 35 heavy (non-hydrogen) atoms. The summed E-state index contributed by atoms with van der Waals surface area (Å²) in [5.74, 6) is -1.07. The van der Waals surface area contributed by atoms with Crippen LogP contribution in [0.15, 0.2) is 47.4 Å².